The smallest absolute Gasteiger partial charge is 0.227 e. The predicted octanol–water partition coefficient (Wildman–Crippen LogP) is 2.90. The van der Waals surface area contributed by atoms with Crippen LogP contribution in [0.2, 0.25) is 5.02 Å². The Morgan fingerprint density at radius 2 is 2.09 bits per heavy atom. The summed E-state index contributed by atoms with van der Waals surface area (Å²) in [7, 11) is 0. The number of anilines is 1. The molecule has 2 N–H and O–H groups in total. The Hall–Kier alpha value is -1.17. The molecule has 1 amide bonds. The van der Waals surface area contributed by atoms with Crippen LogP contribution in [0.5, 0.6) is 0 Å². The molecule has 0 aliphatic carbocycles. The number of β-amino-alcohol motifs (C(OH)–C–C–N with tert-alkyl or cyclic N) is 1. The average Bonchev–Trinajstić information content (AvgIpc) is 2.42. The molecule has 1 saturated heterocycles. The fraction of sp³-hybridized carbons (Fsp3) is 0.562. The van der Waals surface area contributed by atoms with Gasteiger partial charge in [-0.2, -0.15) is 0 Å². The van der Waals surface area contributed by atoms with E-state index in [-0.39, 0.29) is 16.8 Å². The van der Waals surface area contributed by atoms with Gasteiger partial charge in [0, 0.05) is 18.2 Å². The first-order valence-corrected chi connectivity index (χ1v) is 7.83. The summed E-state index contributed by atoms with van der Waals surface area (Å²) in [5.74, 6) is -0.632. The number of piperidine rings is 1. The third-order valence-corrected chi connectivity index (χ3v) is 4.05. The lowest BCUT2D eigenvalue weighted by molar-refractivity contribution is -0.121. The highest BCUT2D eigenvalue weighted by atomic mass is 35.5. The fourth-order valence-electron chi connectivity index (χ4n) is 2.72. The molecule has 1 aromatic rings. The third-order valence-electron chi connectivity index (χ3n) is 3.76. The van der Waals surface area contributed by atoms with Crippen LogP contribution in [0.4, 0.5) is 10.1 Å². The van der Waals surface area contributed by atoms with Crippen molar-refractivity contribution in [3.8, 4) is 0 Å². The van der Waals surface area contributed by atoms with E-state index in [2.05, 4.69) is 10.2 Å². The van der Waals surface area contributed by atoms with Gasteiger partial charge in [-0.15, -0.1) is 0 Å². The molecular weight excluding hydrogens is 307 g/mol. The predicted molar refractivity (Wildman–Crippen MR) is 85.5 cm³/mol. The van der Waals surface area contributed by atoms with E-state index in [1.54, 1.807) is 13.8 Å². The van der Waals surface area contributed by atoms with Crippen LogP contribution in [0.25, 0.3) is 0 Å². The van der Waals surface area contributed by atoms with Crippen LogP contribution < -0.4 is 5.32 Å². The molecule has 1 aliphatic heterocycles. The second-order valence-corrected chi connectivity index (χ2v) is 6.89. The van der Waals surface area contributed by atoms with E-state index in [1.807, 2.05) is 0 Å². The van der Waals surface area contributed by atoms with Crippen molar-refractivity contribution in [3.05, 3.63) is 29.0 Å². The number of carbonyl (C=O) groups excluding carboxylic acids is 1. The van der Waals surface area contributed by atoms with Crippen LogP contribution in [-0.4, -0.2) is 41.1 Å². The summed E-state index contributed by atoms with van der Waals surface area (Å²) in [4.78, 5) is 14.4. The monoisotopic (exact) mass is 328 g/mol. The zero-order valence-corrected chi connectivity index (χ0v) is 13.7. The van der Waals surface area contributed by atoms with Gasteiger partial charge in [-0.25, -0.2) is 4.39 Å². The van der Waals surface area contributed by atoms with E-state index in [0.717, 1.165) is 25.9 Å². The molecule has 1 aromatic carbocycles. The molecule has 0 aromatic heterocycles. The molecule has 0 atom stereocenters. The van der Waals surface area contributed by atoms with Crippen LogP contribution in [-0.2, 0) is 4.79 Å². The molecule has 122 valence electrons. The number of hydrogen-bond donors (Lipinski definition) is 2. The van der Waals surface area contributed by atoms with Crippen molar-refractivity contribution in [1.82, 2.24) is 4.90 Å². The molecule has 0 bridgehead atoms. The lowest BCUT2D eigenvalue weighted by Crippen LogP contribution is -2.44. The van der Waals surface area contributed by atoms with Gasteiger partial charge in [-0.05, 0) is 58.0 Å². The van der Waals surface area contributed by atoms with Crippen LogP contribution in [0.3, 0.4) is 0 Å². The highest BCUT2D eigenvalue weighted by Gasteiger charge is 2.27. The maximum atomic E-state index is 13.1. The number of nitrogens with one attached hydrogen (secondary N) is 1. The van der Waals surface area contributed by atoms with E-state index in [4.69, 9.17) is 11.6 Å². The van der Waals surface area contributed by atoms with Crippen molar-refractivity contribution < 1.29 is 14.3 Å². The molecule has 1 heterocycles. The topological polar surface area (TPSA) is 52.6 Å². The number of likely N-dealkylation sites (tertiary alicyclic amines) is 1. The Morgan fingerprint density at radius 3 is 2.64 bits per heavy atom. The molecule has 0 spiro atoms. The summed E-state index contributed by atoms with van der Waals surface area (Å²) in [5, 5.41) is 12.6. The molecule has 2 rings (SSSR count). The number of halogens is 2. The van der Waals surface area contributed by atoms with E-state index in [0.29, 0.717) is 12.2 Å². The molecule has 4 nitrogen and oxygen atoms in total. The minimum Gasteiger partial charge on any atom is -0.389 e. The maximum absolute atomic E-state index is 13.1. The first kappa shape index (κ1) is 17.2. The number of aliphatic hydroxyl groups is 1. The van der Waals surface area contributed by atoms with Crippen LogP contribution in [0, 0.1) is 11.7 Å². The lowest BCUT2D eigenvalue weighted by Gasteiger charge is -2.34. The van der Waals surface area contributed by atoms with Crippen molar-refractivity contribution in [2.75, 3.05) is 25.0 Å². The maximum Gasteiger partial charge on any atom is 0.227 e. The number of benzene rings is 1. The lowest BCUT2D eigenvalue weighted by atomic mass is 9.94. The quantitative estimate of drug-likeness (QED) is 0.893. The molecule has 6 heteroatoms. The first-order valence-electron chi connectivity index (χ1n) is 7.45. The van der Waals surface area contributed by atoms with E-state index in [1.165, 1.54) is 18.2 Å². The van der Waals surface area contributed by atoms with E-state index >= 15 is 0 Å². The normalized spacial score (nSPS) is 17.5. The molecule has 0 radical (unpaired) electrons. The Morgan fingerprint density at radius 1 is 1.45 bits per heavy atom. The van der Waals surface area contributed by atoms with Crippen molar-refractivity contribution in [1.29, 1.82) is 0 Å². The van der Waals surface area contributed by atoms with Gasteiger partial charge >= 0.3 is 0 Å². The number of carbonyl (C=O) groups is 1. The largest absolute Gasteiger partial charge is 0.389 e. The zero-order chi connectivity index (χ0) is 16.3. The van der Waals surface area contributed by atoms with E-state index < -0.39 is 11.4 Å². The Balaban J connectivity index is 1.86. The Kier molecular flexibility index (Phi) is 5.42. The highest BCUT2D eigenvalue weighted by molar-refractivity contribution is 6.31. The molecule has 0 unspecified atom stereocenters. The van der Waals surface area contributed by atoms with Gasteiger partial charge in [-0.1, -0.05) is 11.6 Å². The number of rotatable bonds is 4. The van der Waals surface area contributed by atoms with Gasteiger partial charge in [0.2, 0.25) is 5.91 Å². The summed E-state index contributed by atoms with van der Waals surface area (Å²) in [6.45, 7) is 5.74. The highest BCUT2D eigenvalue weighted by Crippen LogP contribution is 2.23. The summed E-state index contributed by atoms with van der Waals surface area (Å²) in [5.41, 5.74) is -0.213. The third kappa shape index (κ3) is 4.93. The van der Waals surface area contributed by atoms with Gasteiger partial charge < -0.3 is 15.3 Å². The number of amides is 1. The van der Waals surface area contributed by atoms with Crippen molar-refractivity contribution >= 4 is 23.2 Å². The van der Waals surface area contributed by atoms with Gasteiger partial charge in [0.15, 0.2) is 0 Å². The number of nitrogens with zero attached hydrogens (tertiary/aromatic N) is 1. The second-order valence-electron chi connectivity index (χ2n) is 6.48. The SMILES string of the molecule is CC(C)(O)CN1CCC(C(=O)Nc2ccc(F)c(Cl)c2)CC1. The van der Waals surface area contributed by atoms with Crippen molar-refractivity contribution in [3.63, 3.8) is 0 Å². The minimum absolute atomic E-state index is 0.00204. The molecule has 1 aliphatic rings. The van der Waals surface area contributed by atoms with Gasteiger partial charge in [0.05, 0.1) is 10.6 Å². The fourth-order valence-corrected chi connectivity index (χ4v) is 2.90. The Bertz CT molecular complexity index is 537. The van der Waals surface area contributed by atoms with E-state index in [9.17, 15) is 14.3 Å². The summed E-state index contributed by atoms with van der Waals surface area (Å²) in [6.07, 6.45) is 1.49. The average molecular weight is 329 g/mol. The van der Waals surface area contributed by atoms with Crippen molar-refractivity contribution in [2.24, 2.45) is 5.92 Å². The molecule has 0 saturated carbocycles. The summed E-state index contributed by atoms with van der Waals surface area (Å²) < 4.78 is 13.1. The second kappa shape index (κ2) is 6.94. The van der Waals surface area contributed by atoms with Crippen molar-refractivity contribution in [2.45, 2.75) is 32.3 Å². The Labute approximate surface area is 135 Å². The minimum atomic E-state index is -0.722. The number of hydrogen-bond acceptors (Lipinski definition) is 3. The summed E-state index contributed by atoms with van der Waals surface area (Å²) in [6, 6.07) is 4.16. The van der Waals surface area contributed by atoms with Crippen LogP contribution >= 0.6 is 11.6 Å². The van der Waals surface area contributed by atoms with Crippen LogP contribution in [0.1, 0.15) is 26.7 Å². The molecule has 22 heavy (non-hydrogen) atoms. The van der Waals surface area contributed by atoms with Crippen LogP contribution in [0.15, 0.2) is 18.2 Å². The molecular formula is C16H22ClFN2O2. The molecule has 1 fully saturated rings. The van der Waals surface area contributed by atoms with Gasteiger partial charge in [0.1, 0.15) is 5.82 Å². The van der Waals surface area contributed by atoms with Gasteiger partial charge in [-0.3, -0.25) is 4.79 Å². The first-order chi connectivity index (χ1) is 10.2. The standard InChI is InChI=1S/C16H22ClFN2O2/c1-16(2,22)10-20-7-5-11(6-8-20)15(21)19-12-3-4-14(18)13(17)9-12/h3-4,9,11,22H,5-8,10H2,1-2H3,(H,19,21). The zero-order valence-electron chi connectivity index (χ0n) is 12.9. The summed E-state index contributed by atoms with van der Waals surface area (Å²) >= 11 is 5.71. The van der Waals surface area contributed by atoms with Gasteiger partial charge in [0.25, 0.3) is 0 Å².